The average molecular weight is 785 g/mol. The van der Waals surface area contributed by atoms with E-state index in [1.165, 1.54) is 51.8 Å². The van der Waals surface area contributed by atoms with E-state index in [-0.39, 0.29) is 5.41 Å². The van der Waals surface area contributed by atoms with Gasteiger partial charge < -0.3 is 4.90 Å². The zero-order chi connectivity index (χ0) is 43.6. The van der Waals surface area contributed by atoms with Crippen LogP contribution in [-0.2, 0) is 5.41 Å². The molecule has 2 nitrogen and oxygen atoms in total. The molecule has 5 aromatic rings. The average Bonchev–Trinajstić information content (AvgIpc) is 3.48. The van der Waals surface area contributed by atoms with Gasteiger partial charge in [-0.1, -0.05) is 181 Å². The molecule has 0 fully saturated rings. The molecule has 7 rings (SSSR count). The molecule has 0 saturated carbocycles. The second kappa shape index (κ2) is 19.8. The molecule has 0 heterocycles. The lowest BCUT2D eigenvalue weighted by Gasteiger charge is -2.33. The highest BCUT2D eigenvalue weighted by Crippen LogP contribution is 2.54. The van der Waals surface area contributed by atoms with Gasteiger partial charge in [-0.05, 0) is 126 Å². The maximum absolute atomic E-state index is 8.38. The largest absolute Gasteiger partial charge is 0.309 e. The monoisotopic (exact) mass is 784 g/mol. The molecule has 0 aromatic heterocycles. The number of para-hydroxylation sites is 1. The van der Waals surface area contributed by atoms with Gasteiger partial charge in [-0.3, -0.25) is 0 Å². The smallest absolute Gasteiger partial charge is 0.0991 e. The number of aryl methyl sites for hydroxylation is 3. The van der Waals surface area contributed by atoms with Gasteiger partial charge in [0.2, 0.25) is 0 Å². The number of nitriles is 1. The summed E-state index contributed by atoms with van der Waals surface area (Å²) in [6.07, 6.45) is 17.0. The van der Waals surface area contributed by atoms with Gasteiger partial charge in [-0.15, -0.1) is 0 Å². The van der Waals surface area contributed by atoms with Gasteiger partial charge in [-0.25, -0.2) is 0 Å². The van der Waals surface area contributed by atoms with Crippen LogP contribution in [0.3, 0.4) is 0 Å². The molecule has 0 unspecified atom stereocenters. The van der Waals surface area contributed by atoms with E-state index in [0.29, 0.717) is 5.92 Å². The number of nitrogens with zero attached hydrogens (tertiary/aromatic N) is 2. The summed E-state index contributed by atoms with van der Waals surface area (Å²) in [6, 6.07) is 37.4. The molecular formula is C58H60N2. The van der Waals surface area contributed by atoms with Crippen molar-refractivity contribution < 1.29 is 0 Å². The molecule has 2 aliphatic carbocycles. The SMILES string of the molecule is C=C/C(C(=C)c1ccccc1C)=C(/C=C)N(c1ccccc1)c1cc2c(c(C=C)c1C=C)-c1ccc(C)cc1C2(C)C.CC(C)C1=CCCC=C1.Cc1ccc(C#N)cc1. The van der Waals surface area contributed by atoms with Crippen LogP contribution in [0, 0.1) is 38.0 Å². The van der Waals surface area contributed by atoms with Crippen LogP contribution < -0.4 is 4.90 Å². The summed E-state index contributed by atoms with van der Waals surface area (Å²) in [6.45, 7) is 37.1. The van der Waals surface area contributed by atoms with Gasteiger partial charge in [0.1, 0.15) is 0 Å². The van der Waals surface area contributed by atoms with Crippen molar-refractivity contribution in [2.75, 3.05) is 4.90 Å². The molecule has 60 heavy (non-hydrogen) atoms. The third-order valence-electron chi connectivity index (χ3n) is 11.4. The van der Waals surface area contributed by atoms with E-state index in [1.807, 2.05) is 73.7 Å². The summed E-state index contributed by atoms with van der Waals surface area (Å²) in [5.41, 5.74) is 18.6. The van der Waals surface area contributed by atoms with E-state index in [4.69, 9.17) is 5.26 Å². The Morgan fingerprint density at radius 2 is 1.40 bits per heavy atom. The molecule has 0 amide bonds. The van der Waals surface area contributed by atoms with E-state index in [0.717, 1.165) is 56.0 Å². The molecular weight excluding hydrogens is 725 g/mol. The van der Waals surface area contributed by atoms with E-state index < -0.39 is 0 Å². The third kappa shape index (κ3) is 9.44. The number of allylic oxidation sites excluding steroid dienone is 8. The molecule has 0 N–H and O–H groups in total. The highest BCUT2D eigenvalue weighted by atomic mass is 15.2. The van der Waals surface area contributed by atoms with E-state index >= 15 is 0 Å². The van der Waals surface area contributed by atoms with Crippen molar-refractivity contribution in [3.05, 3.63) is 233 Å². The molecule has 2 aliphatic rings. The van der Waals surface area contributed by atoms with Gasteiger partial charge in [0.25, 0.3) is 0 Å². The fourth-order valence-electron chi connectivity index (χ4n) is 8.07. The molecule has 0 saturated heterocycles. The fraction of sp³-hybridized carbons (Fsp3) is 0.190. The normalized spacial score (nSPS) is 13.3. The Kier molecular flexibility index (Phi) is 14.7. The Morgan fingerprint density at radius 1 is 0.750 bits per heavy atom. The van der Waals surface area contributed by atoms with Crippen molar-refractivity contribution in [2.45, 2.75) is 66.7 Å². The first-order chi connectivity index (χ1) is 28.8. The first-order valence-electron chi connectivity index (χ1n) is 20.8. The second-order valence-corrected chi connectivity index (χ2v) is 16.2. The standard InChI is InChI=1S/C41H39N.C9H14.C8H7N/c1-10-31(29(7)34-22-18-17-19-28(34)6)38(13-4)42(30-20-15-14-16-21-30)39-26-37-40(33(12-3)32(39)11-2)35-24-23-27(5)25-36(35)41(37,8)9;1-8(2)9-6-4-3-5-7-9;1-7-2-4-8(6-9)5-3-7/h10-26H,1-4,7H2,5-6,8-9H3;4,6-8H,3,5H2,1-2H3;2-5H,1H3/b38-31+;;. The molecule has 5 aromatic carbocycles. The Hall–Kier alpha value is -6.69. The van der Waals surface area contributed by atoms with Crippen LogP contribution in [0.2, 0.25) is 0 Å². The predicted molar refractivity (Wildman–Crippen MR) is 262 cm³/mol. The highest BCUT2D eigenvalue weighted by molar-refractivity contribution is 5.96. The van der Waals surface area contributed by atoms with Crippen molar-refractivity contribution in [3.8, 4) is 17.2 Å². The van der Waals surface area contributed by atoms with Gasteiger partial charge in [0, 0.05) is 22.2 Å². The molecule has 2 heteroatoms. The van der Waals surface area contributed by atoms with Crippen LogP contribution in [0.1, 0.15) is 90.6 Å². The number of fused-ring (bicyclic) bond motifs is 3. The van der Waals surface area contributed by atoms with Crippen LogP contribution in [0.15, 0.2) is 183 Å². The number of anilines is 2. The molecule has 302 valence electrons. The summed E-state index contributed by atoms with van der Waals surface area (Å²) < 4.78 is 0. The van der Waals surface area contributed by atoms with Crippen molar-refractivity contribution >= 4 is 29.1 Å². The quantitative estimate of drug-likeness (QED) is 0.132. The number of hydrogen-bond donors (Lipinski definition) is 0. The van der Waals surface area contributed by atoms with Gasteiger partial charge >= 0.3 is 0 Å². The zero-order valence-corrected chi connectivity index (χ0v) is 36.8. The summed E-state index contributed by atoms with van der Waals surface area (Å²) >= 11 is 0. The second-order valence-electron chi connectivity index (χ2n) is 16.2. The minimum absolute atomic E-state index is 0.199. The number of hydrogen-bond acceptors (Lipinski definition) is 2. The Bertz CT molecular complexity index is 2540. The summed E-state index contributed by atoms with van der Waals surface area (Å²) in [5, 5.41) is 8.38. The van der Waals surface area contributed by atoms with Crippen LogP contribution in [0.5, 0.6) is 0 Å². The van der Waals surface area contributed by atoms with E-state index in [1.54, 1.807) is 0 Å². The van der Waals surface area contributed by atoms with Crippen molar-refractivity contribution in [2.24, 2.45) is 5.92 Å². The Labute approximate surface area is 361 Å². The fourth-order valence-corrected chi connectivity index (χ4v) is 8.07. The summed E-state index contributed by atoms with van der Waals surface area (Å²) in [7, 11) is 0. The predicted octanol–water partition coefficient (Wildman–Crippen LogP) is 16.2. The molecule has 0 atom stereocenters. The van der Waals surface area contributed by atoms with Crippen molar-refractivity contribution in [3.63, 3.8) is 0 Å². The lowest BCUT2D eigenvalue weighted by Crippen LogP contribution is -2.21. The minimum atomic E-state index is -0.199. The lowest BCUT2D eigenvalue weighted by molar-refractivity contribution is 0.659. The van der Waals surface area contributed by atoms with Gasteiger partial charge in [0.15, 0.2) is 0 Å². The molecule has 0 bridgehead atoms. The van der Waals surface area contributed by atoms with Crippen LogP contribution in [0.4, 0.5) is 11.4 Å². The summed E-state index contributed by atoms with van der Waals surface area (Å²) in [5.74, 6) is 0.710. The topological polar surface area (TPSA) is 27.0 Å². The van der Waals surface area contributed by atoms with Crippen molar-refractivity contribution in [1.82, 2.24) is 0 Å². The summed E-state index contributed by atoms with van der Waals surface area (Å²) in [4.78, 5) is 2.27. The highest BCUT2D eigenvalue weighted by Gasteiger charge is 2.38. The zero-order valence-electron chi connectivity index (χ0n) is 36.8. The van der Waals surface area contributed by atoms with Gasteiger partial charge in [0.05, 0.1) is 23.0 Å². The number of rotatable bonds is 10. The Morgan fingerprint density at radius 3 is 1.95 bits per heavy atom. The van der Waals surface area contributed by atoms with Crippen LogP contribution >= 0.6 is 0 Å². The third-order valence-corrected chi connectivity index (χ3v) is 11.4. The molecule has 0 aliphatic heterocycles. The lowest BCUT2D eigenvalue weighted by atomic mass is 9.80. The van der Waals surface area contributed by atoms with Crippen molar-refractivity contribution in [1.29, 1.82) is 5.26 Å². The molecule has 0 spiro atoms. The first kappa shape index (κ1) is 44.4. The first-order valence-corrected chi connectivity index (χ1v) is 20.8. The number of benzene rings is 5. The van der Waals surface area contributed by atoms with Crippen LogP contribution in [-0.4, -0.2) is 0 Å². The maximum Gasteiger partial charge on any atom is 0.0991 e. The van der Waals surface area contributed by atoms with Crippen LogP contribution in [0.25, 0.3) is 28.9 Å². The van der Waals surface area contributed by atoms with E-state index in [9.17, 15) is 0 Å². The molecule has 0 radical (unpaired) electrons. The maximum atomic E-state index is 8.38. The van der Waals surface area contributed by atoms with Gasteiger partial charge in [-0.2, -0.15) is 5.26 Å². The Balaban J connectivity index is 0.000000310. The minimum Gasteiger partial charge on any atom is -0.309 e. The van der Waals surface area contributed by atoms with E-state index in [2.05, 4.69) is 164 Å².